The van der Waals surface area contributed by atoms with Crippen LogP contribution in [0.4, 0.5) is 5.69 Å². The molecule has 7 nitrogen and oxygen atoms in total. The van der Waals surface area contributed by atoms with Crippen molar-refractivity contribution in [3.8, 4) is 5.75 Å². The first-order valence-corrected chi connectivity index (χ1v) is 7.05. The summed E-state index contributed by atoms with van der Waals surface area (Å²) >= 11 is 0. The maximum Gasteiger partial charge on any atom is 0.261 e. The molecule has 2 rings (SSSR count). The van der Waals surface area contributed by atoms with E-state index in [1.165, 1.54) is 4.90 Å². The second-order valence-corrected chi connectivity index (χ2v) is 5.25. The number of aromatic nitrogens is 1. The van der Waals surface area contributed by atoms with Crippen LogP contribution in [0, 0.1) is 13.8 Å². The number of nitrogens with zero attached hydrogens (tertiary/aromatic N) is 2. The minimum absolute atomic E-state index is 0.0300. The van der Waals surface area contributed by atoms with Crippen LogP contribution in [0.25, 0.3) is 0 Å². The van der Waals surface area contributed by atoms with Crippen molar-refractivity contribution in [2.24, 2.45) is 0 Å². The van der Waals surface area contributed by atoms with Crippen LogP contribution in [-0.2, 0) is 4.79 Å². The smallest absolute Gasteiger partial charge is 0.261 e. The van der Waals surface area contributed by atoms with E-state index in [4.69, 9.17) is 9.26 Å². The highest BCUT2D eigenvalue weighted by molar-refractivity contribution is 6.05. The fourth-order valence-corrected chi connectivity index (χ4v) is 1.91. The van der Waals surface area contributed by atoms with E-state index in [1.807, 2.05) is 0 Å². The van der Waals surface area contributed by atoms with E-state index in [-0.39, 0.29) is 18.4 Å². The fraction of sp³-hybridized carbons (Fsp3) is 0.312. The number of carbonyl (C=O) groups excluding carboxylic acids is 2. The van der Waals surface area contributed by atoms with Gasteiger partial charge >= 0.3 is 0 Å². The SMILES string of the molecule is Cc1noc(C)c1C(=O)Nc1ccc(OCC(=O)N(C)C)cc1. The van der Waals surface area contributed by atoms with Gasteiger partial charge in [-0.3, -0.25) is 9.59 Å². The van der Waals surface area contributed by atoms with Crippen LogP contribution in [0.1, 0.15) is 21.8 Å². The van der Waals surface area contributed by atoms with Gasteiger partial charge in [-0.2, -0.15) is 0 Å². The molecule has 0 bridgehead atoms. The molecule has 7 heteroatoms. The average Bonchev–Trinajstić information content (AvgIpc) is 2.85. The lowest BCUT2D eigenvalue weighted by Gasteiger charge is -2.11. The van der Waals surface area contributed by atoms with Gasteiger partial charge < -0.3 is 19.5 Å². The Bertz CT molecular complexity index is 685. The summed E-state index contributed by atoms with van der Waals surface area (Å²) in [5.41, 5.74) is 1.59. The Morgan fingerprint density at radius 1 is 1.22 bits per heavy atom. The summed E-state index contributed by atoms with van der Waals surface area (Å²) in [4.78, 5) is 25.1. The first kappa shape index (κ1) is 16.5. The standard InChI is InChI=1S/C16H19N3O4/c1-10-15(11(2)23-18-10)16(21)17-12-5-7-13(8-6-12)22-9-14(20)19(3)4/h5-8H,9H2,1-4H3,(H,17,21). The molecule has 0 unspecified atom stereocenters. The van der Waals surface area contributed by atoms with E-state index in [0.717, 1.165) is 0 Å². The van der Waals surface area contributed by atoms with Gasteiger partial charge in [-0.25, -0.2) is 0 Å². The average molecular weight is 317 g/mol. The van der Waals surface area contributed by atoms with Gasteiger partial charge in [0, 0.05) is 19.8 Å². The maximum atomic E-state index is 12.2. The molecule has 0 spiro atoms. The Hall–Kier alpha value is -2.83. The largest absolute Gasteiger partial charge is 0.484 e. The van der Waals surface area contributed by atoms with Crippen molar-refractivity contribution >= 4 is 17.5 Å². The van der Waals surface area contributed by atoms with E-state index in [2.05, 4.69) is 10.5 Å². The molecule has 1 aromatic carbocycles. The molecule has 0 fully saturated rings. The number of benzene rings is 1. The van der Waals surface area contributed by atoms with E-state index in [9.17, 15) is 9.59 Å². The highest BCUT2D eigenvalue weighted by Gasteiger charge is 2.17. The minimum atomic E-state index is -0.280. The van der Waals surface area contributed by atoms with E-state index in [1.54, 1.807) is 52.2 Å². The summed E-state index contributed by atoms with van der Waals surface area (Å²) < 4.78 is 10.4. The van der Waals surface area contributed by atoms with Crippen LogP contribution in [-0.4, -0.2) is 42.6 Å². The van der Waals surface area contributed by atoms with E-state index < -0.39 is 0 Å². The molecule has 122 valence electrons. The minimum Gasteiger partial charge on any atom is -0.484 e. The monoisotopic (exact) mass is 317 g/mol. The summed E-state index contributed by atoms with van der Waals surface area (Å²) in [7, 11) is 3.33. The molecule has 1 N–H and O–H groups in total. The number of likely N-dealkylation sites (N-methyl/N-ethyl adjacent to an activating group) is 1. The van der Waals surface area contributed by atoms with Gasteiger partial charge in [0.05, 0.1) is 5.69 Å². The van der Waals surface area contributed by atoms with Crippen LogP contribution in [0.3, 0.4) is 0 Å². The van der Waals surface area contributed by atoms with Crippen LogP contribution < -0.4 is 10.1 Å². The van der Waals surface area contributed by atoms with Gasteiger partial charge in [0.15, 0.2) is 6.61 Å². The zero-order valence-electron chi connectivity index (χ0n) is 13.5. The fourth-order valence-electron chi connectivity index (χ4n) is 1.91. The first-order chi connectivity index (χ1) is 10.9. The van der Waals surface area contributed by atoms with Crippen molar-refractivity contribution in [1.82, 2.24) is 10.1 Å². The highest BCUT2D eigenvalue weighted by Crippen LogP contribution is 2.18. The van der Waals surface area contributed by atoms with Crippen LogP contribution in [0.5, 0.6) is 5.75 Å². The third kappa shape index (κ3) is 4.09. The quantitative estimate of drug-likeness (QED) is 0.912. The molecule has 2 amide bonds. The van der Waals surface area contributed by atoms with Gasteiger partial charge in [0.2, 0.25) is 0 Å². The number of anilines is 1. The summed E-state index contributed by atoms with van der Waals surface area (Å²) in [5.74, 6) is 0.621. The van der Waals surface area contributed by atoms with Gasteiger partial charge in [-0.15, -0.1) is 0 Å². The maximum absolute atomic E-state index is 12.2. The lowest BCUT2D eigenvalue weighted by atomic mass is 10.2. The van der Waals surface area contributed by atoms with Crippen molar-refractivity contribution in [3.05, 3.63) is 41.3 Å². The predicted octanol–water partition coefficient (Wildman–Crippen LogP) is 2.01. The molecule has 0 aliphatic heterocycles. The van der Waals surface area contributed by atoms with Crippen LogP contribution in [0.2, 0.25) is 0 Å². The van der Waals surface area contributed by atoms with Gasteiger partial charge in [0.1, 0.15) is 17.1 Å². The topological polar surface area (TPSA) is 84.7 Å². The van der Waals surface area contributed by atoms with Gasteiger partial charge in [-0.05, 0) is 38.1 Å². The number of aryl methyl sites for hydroxylation is 2. The summed E-state index contributed by atoms with van der Waals surface area (Å²) in [6.45, 7) is 3.37. The lowest BCUT2D eigenvalue weighted by Crippen LogP contribution is -2.27. The summed E-state index contributed by atoms with van der Waals surface area (Å²) in [6.07, 6.45) is 0. The number of hydrogen-bond donors (Lipinski definition) is 1. The van der Waals surface area contributed by atoms with E-state index >= 15 is 0 Å². The number of rotatable bonds is 5. The predicted molar refractivity (Wildman–Crippen MR) is 84.6 cm³/mol. The Morgan fingerprint density at radius 3 is 2.39 bits per heavy atom. The molecule has 0 saturated carbocycles. The second kappa shape index (κ2) is 6.95. The van der Waals surface area contributed by atoms with Gasteiger partial charge in [-0.1, -0.05) is 5.16 Å². The van der Waals surface area contributed by atoms with Crippen molar-refractivity contribution in [3.63, 3.8) is 0 Å². The van der Waals surface area contributed by atoms with Crippen molar-refractivity contribution in [1.29, 1.82) is 0 Å². The molecule has 0 saturated heterocycles. The Balaban J connectivity index is 1.97. The van der Waals surface area contributed by atoms with Crippen molar-refractivity contribution in [2.75, 3.05) is 26.0 Å². The molecule has 0 atom stereocenters. The third-order valence-corrected chi connectivity index (χ3v) is 3.23. The van der Waals surface area contributed by atoms with Gasteiger partial charge in [0.25, 0.3) is 11.8 Å². The molecular formula is C16H19N3O4. The Morgan fingerprint density at radius 2 is 1.87 bits per heavy atom. The van der Waals surface area contributed by atoms with E-state index in [0.29, 0.717) is 28.5 Å². The number of nitrogens with one attached hydrogen (secondary N) is 1. The van der Waals surface area contributed by atoms with Crippen molar-refractivity contribution in [2.45, 2.75) is 13.8 Å². The number of hydrogen-bond acceptors (Lipinski definition) is 5. The molecule has 0 radical (unpaired) electrons. The number of amides is 2. The van der Waals surface area contributed by atoms with Crippen LogP contribution >= 0.6 is 0 Å². The normalized spacial score (nSPS) is 10.3. The zero-order valence-corrected chi connectivity index (χ0v) is 13.5. The summed E-state index contributed by atoms with van der Waals surface area (Å²) in [6, 6.07) is 6.77. The van der Waals surface area contributed by atoms with Crippen LogP contribution in [0.15, 0.2) is 28.8 Å². The molecule has 2 aromatic rings. The Kier molecular flexibility index (Phi) is 5.00. The molecule has 1 heterocycles. The molecular weight excluding hydrogens is 298 g/mol. The second-order valence-electron chi connectivity index (χ2n) is 5.25. The molecule has 0 aliphatic rings. The summed E-state index contributed by atoms with van der Waals surface area (Å²) in [5, 5.41) is 6.52. The molecule has 0 aliphatic carbocycles. The molecule has 1 aromatic heterocycles. The Labute approximate surface area is 134 Å². The number of ether oxygens (including phenoxy) is 1. The number of carbonyl (C=O) groups is 2. The highest BCUT2D eigenvalue weighted by atomic mass is 16.5. The third-order valence-electron chi connectivity index (χ3n) is 3.23. The zero-order chi connectivity index (χ0) is 17.0. The lowest BCUT2D eigenvalue weighted by molar-refractivity contribution is -0.130. The first-order valence-electron chi connectivity index (χ1n) is 7.05. The van der Waals surface area contributed by atoms with Crippen molar-refractivity contribution < 1.29 is 18.8 Å². The molecule has 23 heavy (non-hydrogen) atoms.